The molecule has 1 N–H and O–H groups in total. The number of carbonyl (C=O) groups is 1. The van der Waals surface area contributed by atoms with Crippen LogP contribution in [0.15, 0.2) is 78.2 Å². The first-order chi connectivity index (χ1) is 12.3. The SMILES string of the molecule is O=C(c1ccccc1)c1sc(Nc2ccccc2)nc1-c1cccs1. The van der Waals surface area contributed by atoms with E-state index in [1.807, 2.05) is 78.2 Å². The summed E-state index contributed by atoms with van der Waals surface area (Å²) in [5.41, 5.74) is 2.37. The van der Waals surface area contributed by atoms with E-state index in [0.717, 1.165) is 16.3 Å². The van der Waals surface area contributed by atoms with Gasteiger partial charge in [-0.05, 0) is 23.6 Å². The minimum atomic E-state index is 0.00242. The molecule has 0 aliphatic rings. The molecule has 2 heterocycles. The van der Waals surface area contributed by atoms with Crippen LogP contribution in [0, 0.1) is 0 Å². The lowest BCUT2D eigenvalue weighted by Gasteiger charge is -2.00. The fourth-order valence-electron chi connectivity index (χ4n) is 2.47. The number of aromatic nitrogens is 1. The molecule has 4 aromatic rings. The number of rotatable bonds is 5. The van der Waals surface area contributed by atoms with Crippen LogP contribution in [0.5, 0.6) is 0 Å². The molecule has 2 aromatic carbocycles. The molecule has 25 heavy (non-hydrogen) atoms. The van der Waals surface area contributed by atoms with Gasteiger partial charge in [-0.15, -0.1) is 11.3 Å². The third-order valence-electron chi connectivity index (χ3n) is 3.65. The molecule has 2 aromatic heterocycles. The van der Waals surface area contributed by atoms with E-state index in [1.54, 1.807) is 11.3 Å². The van der Waals surface area contributed by atoms with Crippen LogP contribution in [0.1, 0.15) is 15.2 Å². The van der Waals surface area contributed by atoms with Gasteiger partial charge in [0, 0.05) is 11.3 Å². The molecule has 0 aliphatic carbocycles. The highest BCUT2D eigenvalue weighted by Crippen LogP contribution is 2.36. The van der Waals surface area contributed by atoms with Crippen molar-refractivity contribution >= 4 is 39.3 Å². The largest absolute Gasteiger partial charge is 0.332 e. The first kappa shape index (κ1) is 15.7. The van der Waals surface area contributed by atoms with E-state index in [9.17, 15) is 4.79 Å². The van der Waals surface area contributed by atoms with Crippen LogP contribution in [0.4, 0.5) is 10.8 Å². The number of para-hydroxylation sites is 1. The Kier molecular flexibility index (Phi) is 4.41. The smallest absolute Gasteiger partial charge is 0.205 e. The topological polar surface area (TPSA) is 42.0 Å². The quantitative estimate of drug-likeness (QED) is 0.453. The van der Waals surface area contributed by atoms with E-state index >= 15 is 0 Å². The summed E-state index contributed by atoms with van der Waals surface area (Å²) in [4.78, 5) is 19.3. The number of thiophene rings is 1. The summed E-state index contributed by atoms with van der Waals surface area (Å²) in [6, 6.07) is 23.2. The molecule has 4 rings (SSSR count). The summed E-state index contributed by atoms with van der Waals surface area (Å²) < 4.78 is 0. The number of ketones is 1. The van der Waals surface area contributed by atoms with Gasteiger partial charge in [0.2, 0.25) is 5.78 Å². The molecular weight excluding hydrogens is 348 g/mol. The van der Waals surface area contributed by atoms with Gasteiger partial charge >= 0.3 is 0 Å². The van der Waals surface area contributed by atoms with Crippen molar-refractivity contribution in [3.63, 3.8) is 0 Å². The van der Waals surface area contributed by atoms with E-state index < -0.39 is 0 Å². The molecule has 0 unspecified atom stereocenters. The summed E-state index contributed by atoms with van der Waals surface area (Å²) in [6.07, 6.45) is 0. The molecule has 122 valence electrons. The maximum absolute atomic E-state index is 13.0. The molecule has 0 bridgehead atoms. The lowest BCUT2D eigenvalue weighted by molar-refractivity contribution is 0.104. The highest BCUT2D eigenvalue weighted by molar-refractivity contribution is 7.19. The van der Waals surface area contributed by atoms with Crippen molar-refractivity contribution in [3.05, 3.63) is 88.6 Å². The van der Waals surface area contributed by atoms with Gasteiger partial charge in [-0.1, -0.05) is 65.9 Å². The molecule has 0 fully saturated rings. The minimum Gasteiger partial charge on any atom is -0.332 e. The summed E-state index contributed by atoms with van der Waals surface area (Å²) in [5, 5.41) is 6.01. The van der Waals surface area contributed by atoms with Crippen molar-refractivity contribution in [2.45, 2.75) is 0 Å². The van der Waals surface area contributed by atoms with Crippen molar-refractivity contribution in [1.29, 1.82) is 0 Å². The second kappa shape index (κ2) is 7.01. The molecule has 0 atom stereocenters. The van der Waals surface area contributed by atoms with Gasteiger partial charge in [-0.25, -0.2) is 4.98 Å². The van der Waals surface area contributed by atoms with Crippen LogP contribution < -0.4 is 5.32 Å². The predicted octanol–water partition coefficient (Wildman–Crippen LogP) is 5.85. The monoisotopic (exact) mass is 362 g/mol. The number of hydrogen-bond acceptors (Lipinski definition) is 5. The van der Waals surface area contributed by atoms with Crippen molar-refractivity contribution < 1.29 is 4.79 Å². The molecule has 0 saturated carbocycles. The molecular formula is C20H14N2OS2. The number of anilines is 2. The van der Waals surface area contributed by atoms with Crippen LogP contribution >= 0.6 is 22.7 Å². The maximum atomic E-state index is 13.0. The van der Waals surface area contributed by atoms with Gasteiger partial charge in [0.15, 0.2) is 5.13 Å². The highest BCUT2D eigenvalue weighted by atomic mass is 32.1. The van der Waals surface area contributed by atoms with Crippen LogP contribution in [-0.2, 0) is 0 Å². The molecule has 0 saturated heterocycles. The van der Waals surface area contributed by atoms with E-state index in [4.69, 9.17) is 4.98 Å². The number of thiazole rings is 1. The molecule has 0 aliphatic heterocycles. The lowest BCUT2D eigenvalue weighted by Crippen LogP contribution is -1.99. The van der Waals surface area contributed by atoms with Gasteiger partial charge in [-0.3, -0.25) is 4.79 Å². The Morgan fingerprint density at radius 1 is 0.880 bits per heavy atom. The summed E-state index contributed by atoms with van der Waals surface area (Å²) in [7, 11) is 0. The van der Waals surface area contributed by atoms with Gasteiger partial charge in [0.25, 0.3) is 0 Å². The van der Waals surface area contributed by atoms with Crippen molar-refractivity contribution in [1.82, 2.24) is 4.98 Å². The number of nitrogens with one attached hydrogen (secondary N) is 1. The first-order valence-corrected chi connectivity index (χ1v) is 9.47. The van der Waals surface area contributed by atoms with Gasteiger partial charge < -0.3 is 5.32 Å². The number of nitrogens with zero attached hydrogens (tertiary/aromatic N) is 1. The third-order valence-corrected chi connectivity index (χ3v) is 5.50. The fraction of sp³-hybridized carbons (Fsp3) is 0. The van der Waals surface area contributed by atoms with Gasteiger partial charge in [-0.2, -0.15) is 0 Å². The summed E-state index contributed by atoms with van der Waals surface area (Å²) in [6.45, 7) is 0. The summed E-state index contributed by atoms with van der Waals surface area (Å²) >= 11 is 2.98. The summed E-state index contributed by atoms with van der Waals surface area (Å²) in [5.74, 6) is 0.00242. The molecule has 5 heteroatoms. The zero-order chi connectivity index (χ0) is 17.1. The Balaban J connectivity index is 1.75. The van der Waals surface area contributed by atoms with E-state index in [-0.39, 0.29) is 5.78 Å². The van der Waals surface area contributed by atoms with Crippen molar-refractivity contribution in [3.8, 4) is 10.6 Å². The van der Waals surface area contributed by atoms with E-state index in [1.165, 1.54) is 11.3 Å². The second-order valence-corrected chi connectivity index (χ2v) is 7.31. The Morgan fingerprint density at radius 2 is 1.60 bits per heavy atom. The minimum absolute atomic E-state index is 0.00242. The Bertz CT molecular complexity index is 977. The number of hydrogen-bond donors (Lipinski definition) is 1. The van der Waals surface area contributed by atoms with E-state index in [2.05, 4.69) is 5.32 Å². The van der Waals surface area contributed by atoms with Gasteiger partial charge in [0.1, 0.15) is 10.6 Å². The molecule has 3 nitrogen and oxygen atoms in total. The average Bonchev–Trinajstić information content (AvgIpc) is 3.32. The van der Waals surface area contributed by atoms with Crippen LogP contribution in [0.3, 0.4) is 0 Å². The Morgan fingerprint density at radius 3 is 2.28 bits per heavy atom. The lowest BCUT2D eigenvalue weighted by atomic mass is 10.1. The zero-order valence-electron chi connectivity index (χ0n) is 13.2. The highest BCUT2D eigenvalue weighted by Gasteiger charge is 2.21. The first-order valence-electron chi connectivity index (χ1n) is 7.78. The van der Waals surface area contributed by atoms with Gasteiger partial charge in [0.05, 0.1) is 4.88 Å². The predicted molar refractivity (Wildman–Crippen MR) is 105 cm³/mol. The third kappa shape index (κ3) is 3.38. The molecule has 0 radical (unpaired) electrons. The Labute approximate surface area is 153 Å². The molecule has 0 amide bonds. The number of benzene rings is 2. The second-order valence-electron chi connectivity index (χ2n) is 5.36. The van der Waals surface area contributed by atoms with E-state index in [0.29, 0.717) is 15.6 Å². The average molecular weight is 362 g/mol. The fourth-order valence-corrected chi connectivity index (χ4v) is 4.22. The molecule has 0 spiro atoms. The Hall–Kier alpha value is -2.76. The standard InChI is InChI=1S/C20H14N2OS2/c23-18(14-8-3-1-4-9-14)19-17(16-12-7-13-24-16)22-20(25-19)21-15-10-5-2-6-11-15/h1-13H,(H,21,22). The van der Waals surface area contributed by atoms with Crippen molar-refractivity contribution in [2.24, 2.45) is 0 Å². The van der Waals surface area contributed by atoms with Crippen LogP contribution in [0.25, 0.3) is 10.6 Å². The van der Waals surface area contributed by atoms with Crippen LogP contribution in [0.2, 0.25) is 0 Å². The zero-order valence-corrected chi connectivity index (χ0v) is 14.8. The normalized spacial score (nSPS) is 10.6. The van der Waals surface area contributed by atoms with Crippen molar-refractivity contribution in [2.75, 3.05) is 5.32 Å². The number of carbonyl (C=O) groups excluding carboxylic acids is 1. The van der Waals surface area contributed by atoms with Crippen LogP contribution in [-0.4, -0.2) is 10.8 Å². The maximum Gasteiger partial charge on any atom is 0.205 e.